The van der Waals surface area contributed by atoms with Crippen LogP contribution in [-0.2, 0) is 11.8 Å². The van der Waals surface area contributed by atoms with Crippen molar-refractivity contribution < 1.29 is 19.1 Å². The van der Waals surface area contributed by atoms with E-state index in [1.807, 2.05) is 0 Å². The number of alkyl halides is 1. The molecule has 0 bridgehead atoms. The van der Waals surface area contributed by atoms with Crippen molar-refractivity contribution in [3.05, 3.63) is 17.5 Å². The lowest BCUT2D eigenvalue weighted by Gasteiger charge is -2.17. The summed E-state index contributed by atoms with van der Waals surface area (Å²) in [4.78, 5) is 24.1. The Labute approximate surface area is 103 Å². The first-order chi connectivity index (χ1) is 8.33. The molecule has 0 aliphatic carbocycles. The molecule has 1 aromatic heterocycles. The second-order valence-corrected chi connectivity index (χ2v) is 4.55. The van der Waals surface area contributed by atoms with Crippen molar-refractivity contribution in [3.63, 3.8) is 0 Å². The molecule has 2 rings (SSSR count). The number of carboxylic acids is 1. The van der Waals surface area contributed by atoms with Gasteiger partial charge in [-0.25, -0.2) is 9.18 Å². The van der Waals surface area contributed by atoms with Crippen LogP contribution >= 0.6 is 0 Å². The van der Waals surface area contributed by atoms with Gasteiger partial charge in [0, 0.05) is 26.2 Å². The Morgan fingerprint density at radius 1 is 1.56 bits per heavy atom. The molecule has 98 valence electrons. The number of hydrogen-bond acceptors (Lipinski definition) is 3. The number of nitrogens with zero attached hydrogens (tertiary/aromatic N) is 3. The number of aliphatic carboxylic acids is 1. The van der Waals surface area contributed by atoms with Crippen LogP contribution in [0.5, 0.6) is 0 Å². The Morgan fingerprint density at radius 3 is 2.67 bits per heavy atom. The minimum atomic E-state index is -2.33. The molecule has 0 aromatic carbocycles. The summed E-state index contributed by atoms with van der Waals surface area (Å²) < 4.78 is 15.4. The van der Waals surface area contributed by atoms with Gasteiger partial charge in [-0.15, -0.1) is 0 Å². The van der Waals surface area contributed by atoms with Crippen LogP contribution in [0.1, 0.15) is 22.5 Å². The van der Waals surface area contributed by atoms with E-state index in [1.165, 1.54) is 9.58 Å². The molecule has 1 aliphatic rings. The van der Waals surface area contributed by atoms with Gasteiger partial charge in [0.2, 0.25) is 5.67 Å². The maximum Gasteiger partial charge on any atom is 0.343 e. The van der Waals surface area contributed by atoms with Crippen molar-refractivity contribution in [2.24, 2.45) is 7.05 Å². The Bertz CT molecular complexity index is 514. The lowest BCUT2D eigenvalue weighted by molar-refractivity contribution is -0.149. The first-order valence-corrected chi connectivity index (χ1v) is 5.55. The molecule has 1 N–H and O–H groups in total. The molecule has 1 unspecified atom stereocenters. The molecule has 1 aliphatic heterocycles. The van der Waals surface area contributed by atoms with Gasteiger partial charge in [0.05, 0.1) is 17.8 Å². The number of halogens is 1. The largest absolute Gasteiger partial charge is 0.479 e. The quantitative estimate of drug-likeness (QED) is 0.828. The molecule has 2 heterocycles. The Morgan fingerprint density at radius 2 is 2.22 bits per heavy atom. The van der Waals surface area contributed by atoms with Crippen molar-refractivity contribution >= 4 is 11.9 Å². The van der Waals surface area contributed by atoms with Crippen molar-refractivity contribution in [1.29, 1.82) is 0 Å². The Balaban J connectivity index is 2.18. The monoisotopic (exact) mass is 255 g/mol. The Kier molecular flexibility index (Phi) is 2.84. The van der Waals surface area contributed by atoms with Crippen molar-refractivity contribution in [1.82, 2.24) is 14.7 Å². The first-order valence-electron chi connectivity index (χ1n) is 5.55. The number of amides is 1. The third kappa shape index (κ3) is 1.96. The number of rotatable bonds is 2. The molecule has 1 amide bonds. The van der Waals surface area contributed by atoms with E-state index in [1.54, 1.807) is 20.2 Å². The average molecular weight is 255 g/mol. The first kappa shape index (κ1) is 12.5. The number of aromatic nitrogens is 2. The highest BCUT2D eigenvalue weighted by Crippen LogP contribution is 2.27. The van der Waals surface area contributed by atoms with Gasteiger partial charge in [0.1, 0.15) is 0 Å². The van der Waals surface area contributed by atoms with E-state index in [0.717, 1.165) is 0 Å². The summed E-state index contributed by atoms with van der Waals surface area (Å²) in [5.41, 5.74) is -1.40. The SMILES string of the molecule is Cc1nn(C)cc1C(=O)N1CCC(F)(C(=O)O)C1. The maximum atomic E-state index is 13.9. The fourth-order valence-electron chi connectivity index (χ4n) is 2.10. The van der Waals surface area contributed by atoms with E-state index in [0.29, 0.717) is 11.3 Å². The summed E-state index contributed by atoms with van der Waals surface area (Å²) in [6, 6.07) is 0. The summed E-state index contributed by atoms with van der Waals surface area (Å²) in [7, 11) is 1.68. The third-order valence-electron chi connectivity index (χ3n) is 3.13. The molecule has 1 atom stereocenters. The predicted molar refractivity (Wildman–Crippen MR) is 59.9 cm³/mol. The van der Waals surface area contributed by atoms with E-state index in [9.17, 15) is 14.0 Å². The lowest BCUT2D eigenvalue weighted by atomic mass is 10.1. The highest BCUT2D eigenvalue weighted by molar-refractivity contribution is 5.96. The van der Waals surface area contributed by atoms with Crippen LogP contribution in [0.15, 0.2) is 6.20 Å². The summed E-state index contributed by atoms with van der Waals surface area (Å²) in [6.45, 7) is 1.38. The van der Waals surface area contributed by atoms with Gasteiger partial charge < -0.3 is 10.0 Å². The van der Waals surface area contributed by atoms with Crippen LogP contribution in [0.2, 0.25) is 0 Å². The minimum Gasteiger partial charge on any atom is -0.479 e. The summed E-state index contributed by atoms with van der Waals surface area (Å²) >= 11 is 0. The van der Waals surface area contributed by atoms with E-state index in [-0.39, 0.29) is 18.9 Å². The standard InChI is InChI=1S/C11H14FN3O3/c1-7-8(5-14(2)13-7)9(16)15-4-3-11(12,6-15)10(17)18/h5H,3-4,6H2,1-2H3,(H,17,18). The number of likely N-dealkylation sites (tertiary alicyclic amines) is 1. The van der Waals surface area contributed by atoms with Crippen molar-refractivity contribution in [2.75, 3.05) is 13.1 Å². The Hall–Kier alpha value is -1.92. The normalized spacial score (nSPS) is 23.4. The summed E-state index contributed by atoms with van der Waals surface area (Å²) in [5.74, 6) is -1.89. The zero-order chi connectivity index (χ0) is 13.5. The van der Waals surface area contributed by atoms with Crippen LogP contribution in [-0.4, -0.2) is 50.4 Å². The number of carbonyl (C=O) groups excluding carboxylic acids is 1. The zero-order valence-corrected chi connectivity index (χ0v) is 10.2. The van der Waals surface area contributed by atoms with Gasteiger partial charge in [0.25, 0.3) is 5.91 Å². The van der Waals surface area contributed by atoms with Crippen LogP contribution in [0.25, 0.3) is 0 Å². The highest BCUT2D eigenvalue weighted by atomic mass is 19.1. The summed E-state index contributed by atoms with van der Waals surface area (Å²) in [5, 5.41) is 12.8. The van der Waals surface area contributed by atoms with Gasteiger partial charge in [-0.2, -0.15) is 5.10 Å². The molecule has 0 spiro atoms. The van der Waals surface area contributed by atoms with Gasteiger partial charge >= 0.3 is 5.97 Å². The van der Waals surface area contributed by atoms with Crippen LogP contribution in [0.4, 0.5) is 4.39 Å². The van der Waals surface area contributed by atoms with Crippen LogP contribution < -0.4 is 0 Å². The molecule has 0 radical (unpaired) electrons. The molecule has 7 heteroatoms. The van der Waals surface area contributed by atoms with Crippen LogP contribution in [0, 0.1) is 6.92 Å². The van der Waals surface area contributed by atoms with Crippen molar-refractivity contribution in [3.8, 4) is 0 Å². The number of aryl methyl sites for hydroxylation is 2. The summed E-state index contributed by atoms with van der Waals surface area (Å²) in [6.07, 6.45) is 1.38. The van der Waals surface area contributed by atoms with Gasteiger partial charge in [-0.1, -0.05) is 0 Å². The minimum absolute atomic E-state index is 0.107. The third-order valence-corrected chi connectivity index (χ3v) is 3.13. The number of carboxylic acid groups (broad SMARTS) is 1. The molecule has 1 saturated heterocycles. The number of hydrogen-bond donors (Lipinski definition) is 1. The fraction of sp³-hybridized carbons (Fsp3) is 0.545. The molecule has 1 aromatic rings. The molecule has 6 nitrogen and oxygen atoms in total. The second kappa shape index (κ2) is 4.08. The van der Waals surface area contributed by atoms with E-state index in [2.05, 4.69) is 5.10 Å². The van der Waals surface area contributed by atoms with Gasteiger partial charge in [-0.3, -0.25) is 9.48 Å². The molecular formula is C11H14FN3O3. The molecular weight excluding hydrogens is 241 g/mol. The smallest absolute Gasteiger partial charge is 0.343 e. The van der Waals surface area contributed by atoms with Crippen molar-refractivity contribution in [2.45, 2.75) is 19.0 Å². The molecule has 18 heavy (non-hydrogen) atoms. The van der Waals surface area contributed by atoms with Crippen LogP contribution in [0.3, 0.4) is 0 Å². The molecule has 1 fully saturated rings. The van der Waals surface area contributed by atoms with Gasteiger partial charge in [0.15, 0.2) is 0 Å². The molecule has 0 saturated carbocycles. The number of carbonyl (C=O) groups is 2. The lowest BCUT2D eigenvalue weighted by Crippen LogP contribution is -2.39. The predicted octanol–water partition coefficient (Wildman–Crippen LogP) is 0.367. The average Bonchev–Trinajstić information content (AvgIpc) is 2.82. The van der Waals surface area contributed by atoms with E-state index >= 15 is 0 Å². The van der Waals surface area contributed by atoms with Gasteiger partial charge in [-0.05, 0) is 6.92 Å². The van der Waals surface area contributed by atoms with E-state index in [4.69, 9.17) is 5.11 Å². The fourth-order valence-corrected chi connectivity index (χ4v) is 2.10. The zero-order valence-electron chi connectivity index (χ0n) is 10.2. The van der Waals surface area contributed by atoms with E-state index < -0.39 is 18.2 Å². The highest BCUT2D eigenvalue weighted by Gasteiger charge is 2.47. The maximum absolute atomic E-state index is 13.9. The second-order valence-electron chi connectivity index (χ2n) is 4.55. The topological polar surface area (TPSA) is 75.4 Å².